The molecule has 3 rings (SSSR count). The van der Waals surface area contributed by atoms with Crippen LogP contribution < -0.4 is 10.1 Å². The van der Waals surface area contributed by atoms with Crippen molar-refractivity contribution in [2.24, 2.45) is 5.92 Å². The second-order valence-corrected chi connectivity index (χ2v) is 4.96. The Morgan fingerprint density at radius 2 is 2.06 bits per heavy atom. The van der Waals surface area contributed by atoms with Crippen LogP contribution in [0.15, 0.2) is 18.2 Å². The monoisotopic (exact) mass is 217 g/mol. The summed E-state index contributed by atoms with van der Waals surface area (Å²) in [4.78, 5) is 0. The Hall–Kier alpha value is -1.02. The second kappa shape index (κ2) is 4.46. The fourth-order valence-corrected chi connectivity index (χ4v) is 2.82. The lowest BCUT2D eigenvalue weighted by Gasteiger charge is -2.13. The third-order valence-corrected chi connectivity index (χ3v) is 3.80. The van der Waals surface area contributed by atoms with Gasteiger partial charge >= 0.3 is 0 Å². The van der Waals surface area contributed by atoms with Gasteiger partial charge in [0.25, 0.3) is 0 Å². The Balaban J connectivity index is 1.67. The largest absolute Gasteiger partial charge is 0.493 e. The fourth-order valence-electron chi connectivity index (χ4n) is 2.82. The fraction of sp³-hybridized carbons (Fsp3) is 0.571. The maximum absolute atomic E-state index is 5.99. The number of hydrogen-bond acceptors (Lipinski definition) is 2. The third-order valence-electron chi connectivity index (χ3n) is 3.80. The first-order chi connectivity index (χ1) is 7.93. The molecule has 2 aliphatic rings. The van der Waals surface area contributed by atoms with Crippen molar-refractivity contribution in [1.29, 1.82) is 0 Å². The topological polar surface area (TPSA) is 21.3 Å². The molecule has 0 unspecified atom stereocenters. The first-order valence-corrected chi connectivity index (χ1v) is 6.38. The molecule has 2 heteroatoms. The maximum Gasteiger partial charge on any atom is 0.124 e. The highest BCUT2D eigenvalue weighted by Crippen LogP contribution is 2.29. The zero-order chi connectivity index (χ0) is 10.8. The molecule has 2 nitrogen and oxygen atoms in total. The van der Waals surface area contributed by atoms with Crippen LogP contribution in [0, 0.1) is 5.92 Å². The summed E-state index contributed by atoms with van der Waals surface area (Å²) in [7, 11) is 0. The van der Waals surface area contributed by atoms with Crippen LogP contribution in [0.2, 0.25) is 0 Å². The van der Waals surface area contributed by atoms with Crippen LogP contribution in [-0.4, -0.2) is 6.61 Å². The van der Waals surface area contributed by atoms with E-state index < -0.39 is 0 Å². The Morgan fingerprint density at radius 1 is 1.19 bits per heavy atom. The minimum absolute atomic E-state index is 0.796. The molecule has 0 bridgehead atoms. The van der Waals surface area contributed by atoms with Crippen LogP contribution in [0.4, 0.5) is 0 Å². The molecule has 1 aromatic carbocycles. The molecule has 0 radical (unpaired) electrons. The Labute approximate surface area is 97.0 Å². The molecule has 1 aliphatic carbocycles. The first-order valence-electron chi connectivity index (χ1n) is 6.38. The summed E-state index contributed by atoms with van der Waals surface area (Å²) in [6, 6.07) is 6.41. The molecule has 1 aliphatic heterocycles. The summed E-state index contributed by atoms with van der Waals surface area (Å²) < 4.78 is 5.99. The second-order valence-electron chi connectivity index (χ2n) is 4.96. The number of hydrogen-bond donors (Lipinski definition) is 1. The van der Waals surface area contributed by atoms with Gasteiger partial charge in [-0.15, -0.1) is 0 Å². The Morgan fingerprint density at radius 3 is 2.94 bits per heavy atom. The van der Waals surface area contributed by atoms with E-state index in [0.29, 0.717) is 0 Å². The van der Waals surface area contributed by atoms with Gasteiger partial charge in [0, 0.05) is 18.7 Å². The van der Waals surface area contributed by atoms with Gasteiger partial charge in [-0.2, -0.15) is 0 Å². The predicted octanol–water partition coefficient (Wildman–Crippen LogP) is 2.86. The number of rotatable bonds is 3. The minimum atomic E-state index is 0.796. The van der Waals surface area contributed by atoms with Gasteiger partial charge in [-0.25, -0.2) is 0 Å². The van der Waals surface area contributed by atoms with Gasteiger partial charge in [-0.05, 0) is 30.4 Å². The van der Waals surface area contributed by atoms with Gasteiger partial charge in [-0.1, -0.05) is 25.0 Å². The van der Waals surface area contributed by atoms with Crippen molar-refractivity contribution < 1.29 is 4.74 Å². The highest BCUT2D eigenvalue weighted by molar-refractivity contribution is 5.42. The number of nitrogens with one attached hydrogen (secondary N) is 1. The van der Waals surface area contributed by atoms with Gasteiger partial charge in [0.15, 0.2) is 0 Å². The van der Waals surface area contributed by atoms with E-state index in [2.05, 4.69) is 23.5 Å². The van der Waals surface area contributed by atoms with E-state index in [1.54, 1.807) is 0 Å². The minimum Gasteiger partial charge on any atom is -0.493 e. The molecule has 1 fully saturated rings. The number of benzene rings is 1. The zero-order valence-electron chi connectivity index (χ0n) is 9.67. The molecule has 0 atom stereocenters. The van der Waals surface area contributed by atoms with Crippen LogP contribution in [-0.2, 0) is 13.1 Å². The quantitative estimate of drug-likeness (QED) is 0.840. The zero-order valence-corrected chi connectivity index (χ0v) is 9.67. The Bertz CT molecular complexity index is 369. The van der Waals surface area contributed by atoms with Crippen molar-refractivity contribution in [3.63, 3.8) is 0 Å². The van der Waals surface area contributed by atoms with Gasteiger partial charge in [0.2, 0.25) is 0 Å². The van der Waals surface area contributed by atoms with Crippen LogP contribution >= 0.6 is 0 Å². The van der Waals surface area contributed by atoms with E-state index in [9.17, 15) is 0 Å². The number of ether oxygens (including phenoxy) is 1. The van der Waals surface area contributed by atoms with Crippen molar-refractivity contribution in [2.75, 3.05) is 6.61 Å². The summed E-state index contributed by atoms with van der Waals surface area (Å²) in [5, 5.41) is 3.38. The highest BCUT2D eigenvalue weighted by atomic mass is 16.5. The van der Waals surface area contributed by atoms with E-state index >= 15 is 0 Å². The lowest BCUT2D eigenvalue weighted by molar-refractivity contribution is 0.250. The number of fused-ring (bicyclic) bond motifs is 1. The average Bonchev–Trinajstić information content (AvgIpc) is 2.97. The summed E-state index contributed by atoms with van der Waals surface area (Å²) in [5.74, 6) is 1.90. The molecule has 0 amide bonds. The summed E-state index contributed by atoms with van der Waals surface area (Å²) in [6.07, 6.45) is 5.49. The van der Waals surface area contributed by atoms with Gasteiger partial charge in [-0.3, -0.25) is 0 Å². The van der Waals surface area contributed by atoms with Crippen LogP contribution in [0.5, 0.6) is 5.75 Å². The van der Waals surface area contributed by atoms with Gasteiger partial charge in [0.1, 0.15) is 5.75 Å². The van der Waals surface area contributed by atoms with E-state index in [1.807, 2.05) is 0 Å². The molecule has 0 aromatic heterocycles. The first kappa shape index (κ1) is 10.2. The molecule has 1 saturated carbocycles. The molecule has 1 N–H and O–H groups in total. The normalized spacial score (nSPS) is 20.0. The van der Waals surface area contributed by atoms with Crippen LogP contribution in [0.25, 0.3) is 0 Å². The van der Waals surface area contributed by atoms with Crippen molar-refractivity contribution in [3.05, 3.63) is 29.3 Å². The van der Waals surface area contributed by atoms with Crippen molar-refractivity contribution in [3.8, 4) is 5.75 Å². The molecule has 0 saturated heterocycles. The van der Waals surface area contributed by atoms with Gasteiger partial charge in [0.05, 0.1) is 6.61 Å². The third kappa shape index (κ3) is 1.94. The van der Waals surface area contributed by atoms with E-state index in [-0.39, 0.29) is 0 Å². The SMILES string of the molecule is c1cc2c(c(OCC3CCCC3)c1)CNC2. The Kier molecular flexibility index (Phi) is 2.83. The summed E-state index contributed by atoms with van der Waals surface area (Å²) in [5.41, 5.74) is 2.78. The molecule has 0 spiro atoms. The average molecular weight is 217 g/mol. The molecule has 86 valence electrons. The maximum atomic E-state index is 5.99. The summed E-state index contributed by atoms with van der Waals surface area (Å²) in [6.45, 7) is 2.88. The van der Waals surface area contributed by atoms with E-state index in [4.69, 9.17) is 4.74 Å². The summed E-state index contributed by atoms with van der Waals surface area (Å²) >= 11 is 0. The molecular weight excluding hydrogens is 198 g/mol. The van der Waals surface area contributed by atoms with Crippen LogP contribution in [0.1, 0.15) is 36.8 Å². The smallest absolute Gasteiger partial charge is 0.124 e. The highest BCUT2D eigenvalue weighted by Gasteiger charge is 2.18. The predicted molar refractivity (Wildman–Crippen MR) is 64.4 cm³/mol. The van der Waals surface area contributed by atoms with Crippen LogP contribution in [0.3, 0.4) is 0 Å². The molecule has 16 heavy (non-hydrogen) atoms. The van der Waals surface area contributed by atoms with E-state index in [0.717, 1.165) is 31.4 Å². The van der Waals surface area contributed by atoms with Crippen molar-refractivity contribution in [2.45, 2.75) is 38.8 Å². The van der Waals surface area contributed by atoms with Crippen molar-refractivity contribution in [1.82, 2.24) is 5.32 Å². The van der Waals surface area contributed by atoms with Crippen molar-refractivity contribution >= 4 is 0 Å². The van der Waals surface area contributed by atoms with Gasteiger partial charge < -0.3 is 10.1 Å². The molecular formula is C14H19NO. The molecule has 1 heterocycles. The van der Waals surface area contributed by atoms with E-state index in [1.165, 1.54) is 36.8 Å². The lowest BCUT2D eigenvalue weighted by atomic mass is 10.1. The molecule has 1 aromatic rings. The standard InChI is InChI=1S/C14H19NO/c1-2-5-11(4-1)10-16-14-7-3-6-12-8-15-9-13(12)14/h3,6-7,11,15H,1-2,4-5,8-10H2. The lowest BCUT2D eigenvalue weighted by Crippen LogP contribution is -2.09.